The average molecular weight is 397 g/mol. The second kappa shape index (κ2) is 11.1. The van der Waals surface area contributed by atoms with Crippen LogP contribution >= 0.6 is 0 Å². The summed E-state index contributed by atoms with van der Waals surface area (Å²) in [7, 11) is 1.20. The van der Waals surface area contributed by atoms with E-state index < -0.39 is 53.6 Å². The third-order valence-electron chi connectivity index (χ3n) is 3.03. The summed E-state index contributed by atoms with van der Waals surface area (Å²) < 4.78 is 43.1. The SMILES string of the molecule is COC(=O)C[C@H](N)Cc1cc(F)c(F)cc1F.O=C(O)[C@H](O)[C@@H](O)C(=O)O. The molecule has 0 saturated carbocycles. The first-order valence-electron chi connectivity index (χ1n) is 7.18. The molecule has 6 N–H and O–H groups in total. The summed E-state index contributed by atoms with van der Waals surface area (Å²) in [5.41, 5.74) is 5.49. The fourth-order valence-electron chi connectivity index (χ4n) is 1.64. The van der Waals surface area contributed by atoms with E-state index in [1.807, 2.05) is 0 Å². The van der Waals surface area contributed by atoms with Crippen molar-refractivity contribution in [1.82, 2.24) is 0 Å². The molecule has 3 atom stereocenters. The average Bonchev–Trinajstić information content (AvgIpc) is 2.58. The minimum Gasteiger partial charge on any atom is -0.479 e. The number of rotatable bonds is 7. The Hall–Kier alpha value is -2.70. The van der Waals surface area contributed by atoms with E-state index in [-0.39, 0.29) is 18.4 Å². The van der Waals surface area contributed by atoms with Gasteiger partial charge < -0.3 is 30.9 Å². The highest BCUT2D eigenvalue weighted by Crippen LogP contribution is 2.15. The van der Waals surface area contributed by atoms with E-state index in [9.17, 15) is 27.6 Å². The summed E-state index contributed by atoms with van der Waals surface area (Å²) in [6.45, 7) is 0. The second-order valence-electron chi connectivity index (χ2n) is 5.17. The van der Waals surface area contributed by atoms with E-state index in [1.54, 1.807) is 0 Å². The van der Waals surface area contributed by atoms with Crippen LogP contribution < -0.4 is 5.73 Å². The molecule has 0 amide bonds. The molecule has 0 aliphatic heterocycles. The third-order valence-corrected chi connectivity index (χ3v) is 3.03. The molecule has 9 nitrogen and oxygen atoms in total. The van der Waals surface area contributed by atoms with Gasteiger partial charge in [-0.25, -0.2) is 22.8 Å². The molecule has 0 bridgehead atoms. The molecule has 0 saturated heterocycles. The Balaban J connectivity index is 0.000000580. The van der Waals surface area contributed by atoms with Crippen molar-refractivity contribution >= 4 is 17.9 Å². The lowest BCUT2D eigenvalue weighted by atomic mass is 10.0. The molecule has 0 heterocycles. The zero-order valence-electron chi connectivity index (χ0n) is 13.9. The fourth-order valence-corrected chi connectivity index (χ4v) is 1.64. The number of esters is 1. The van der Waals surface area contributed by atoms with E-state index in [0.717, 1.165) is 6.07 Å². The predicted octanol–water partition coefficient (Wildman–Crippen LogP) is -0.586. The van der Waals surface area contributed by atoms with Gasteiger partial charge in [0, 0.05) is 12.1 Å². The number of carboxylic acid groups (broad SMARTS) is 2. The number of hydrogen-bond acceptors (Lipinski definition) is 7. The standard InChI is InChI=1S/C11H12F3NO2.C4H6O6/c1-17-11(16)4-7(15)2-6-3-9(13)10(14)5-8(6)12;5-1(3(7)8)2(6)4(9)10/h3,5,7H,2,4,15H2,1H3;1-2,5-6H,(H,7,8)(H,9,10)/t7-;1-,2-/m11/s1. The highest BCUT2D eigenvalue weighted by Gasteiger charge is 2.29. The Morgan fingerprint density at radius 1 is 1.00 bits per heavy atom. The number of aliphatic hydroxyl groups excluding tert-OH is 2. The number of nitrogens with two attached hydrogens (primary N) is 1. The van der Waals surface area contributed by atoms with Crippen LogP contribution in [0, 0.1) is 17.5 Å². The van der Waals surface area contributed by atoms with Gasteiger partial charge in [0.15, 0.2) is 23.8 Å². The highest BCUT2D eigenvalue weighted by molar-refractivity contribution is 5.83. The van der Waals surface area contributed by atoms with E-state index in [4.69, 9.17) is 26.2 Å². The van der Waals surface area contributed by atoms with Crippen LogP contribution in [-0.4, -0.2) is 63.7 Å². The van der Waals surface area contributed by atoms with Crippen LogP contribution in [0.1, 0.15) is 12.0 Å². The van der Waals surface area contributed by atoms with Gasteiger partial charge >= 0.3 is 17.9 Å². The van der Waals surface area contributed by atoms with Crippen LogP contribution in [0.15, 0.2) is 12.1 Å². The third kappa shape index (κ3) is 8.48. The molecular formula is C15H18F3NO8. The van der Waals surface area contributed by atoms with Crippen molar-refractivity contribution in [3.63, 3.8) is 0 Å². The van der Waals surface area contributed by atoms with Gasteiger partial charge in [-0.3, -0.25) is 4.79 Å². The Morgan fingerprint density at radius 2 is 1.44 bits per heavy atom. The zero-order chi connectivity index (χ0) is 21.3. The van der Waals surface area contributed by atoms with E-state index in [1.165, 1.54) is 7.11 Å². The first kappa shape index (κ1) is 24.3. The fraction of sp³-hybridized carbons (Fsp3) is 0.400. The zero-order valence-corrected chi connectivity index (χ0v) is 13.9. The number of aliphatic carboxylic acids is 2. The number of carboxylic acids is 2. The van der Waals surface area contributed by atoms with Crippen LogP contribution in [0.5, 0.6) is 0 Å². The quantitative estimate of drug-likeness (QED) is 0.298. The summed E-state index contributed by atoms with van der Waals surface area (Å²) in [4.78, 5) is 30.4. The van der Waals surface area contributed by atoms with Crippen LogP contribution in [0.2, 0.25) is 0 Å². The van der Waals surface area contributed by atoms with Gasteiger partial charge in [0.1, 0.15) is 5.82 Å². The summed E-state index contributed by atoms with van der Waals surface area (Å²) >= 11 is 0. The summed E-state index contributed by atoms with van der Waals surface area (Å²) in [5.74, 6) is -7.37. The minimum atomic E-state index is -2.27. The number of aliphatic hydroxyl groups is 2. The Kier molecular flexibility index (Phi) is 10.00. The molecule has 0 spiro atoms. The van der Waals surface area contributed by atoms with Crippen LogP contribution in [0.3, 0.4) is 0 Å². The van der Waals surface area contributed by atoms with Crippen molar-refractivity contribution in [1.29, 1.82) is 0 Å². The molecule has 27 heavy (non-hydrogen) atoms. The Morgan fingerprint density at radius 3 is 1.85 bits per heavy atom. The lowest BCUT2D eigenvalue weighted by Crippen LogP contribution is -2.39. The van der Waals surface area contributed by atoms with Gasteiger partial charge in [0.05, 0.1) is 13.5 Å². The summed E-state index contributed by atoms with van der Waals surface area (Å²) in [6.07, 6.45) is -4.72. The van der Waals surface area contributed by atoms with Crippen molar-refractivity contribution in [3.8, 4) is 0 Å². The summed E-state index contributed by atoms with van der Waals surface area (Å²) in [5, 5.41) is 32.5. The molecule has 0 fully saturated rings. The number of halogens is 3. The molecule has 1 rings (SSSR count). The molecule has 0 aromatic heterocycles. The molecule has 12 heteroatoms. The lowest BCUT2D eigenvalue weighted by molar-refractivity contribution is -0.165. The van der Waals surface area contributed by atoms with Gasteiger partial charge in [-0.2, -0.15) is 0 Å². The molecule has 0 aliphatic carbocycles. The number of hydrogen-bond donors (Lipinski definition) is 5. The normalized spacial score (nSPS) is 13.6. The highest BCUT2D eigenvalue weighted by atomic mass is 19.2. The molecule has 0 radical (unpaired) electrons. The number of ether oxygens (including phenoxy) is 1. The molecule has 0 unspecified atom stereocenters. The predicted molar refractivity (Wildman–Crippen MR) is 81.9 cm³/mol. The smallest absolute Gasteiger partial charge is 0.335 e. The lowest BCUT2D eigenvalue weighted by Gasteiger charge is -2.11. The van der Waals surface area contributed by atoms with E-state index in [2.05, 4.69) is 4.74 Å². The molecular weight excluding hydrogens is 379 g/mol. The Labute approximate surface area is 150 Å². The van der Waals surface area contributed by atoms with Crippen LogP contribution in [-0.2, 0) is 25.5 Å². The van der Waals surface area contributed by atoms with Gasteiger partial charge in [-0.15, -0.1) is 0 Å². The maximum absolute atomic E-state index is 13.2. The molecule has 152 valence electrons. The van der Waals surface area contributed by atoms with Crippen molar-refractivity contribution in [2.45, 2.75) is 31.1 Å². The molecule has 1 aromatic carbocycles. The van der Waals surface area contributed by atoms with Crippen molar-refractivity contribution in [2.24, 2.45) is 5.73 Å². The number of carbonyl (C=O) groups excluding carboxylic acids is 1. The first-order chi connectivity index (χ1) is 12.4. The van der Waals surface area contributed by atoms with E-state index in [0.29, 0.717) is 6.07 Å². The summed E-state index contributed by atoms with van der Waals surface area (Å²) in [6, 6.07) is 0.485. The van der Waals surface area contributed by atoms with Crippen molar-refractivity contribution in [3.05, 3.63) is 35.1 Å². The minimum absolute atomic E-state index is 0.0692. The monoisotopic (exact) mass is 397 g/mol. The van der Waals surface area contributed by atoms with Crippen LogP contribution in [0.4, 0.5) is 13.2 Å². The van der Waals surface area contributed by atoms with Gasteiger partial charge in [-0.1, -0.05) is 0 Å². The molecule has 1 aromatic rings. The second-order valence-corrected chi connectivity index (χ2v) is 5.17. The maximum Gasteiger partial charge on any atom is 0.335 e. The van der Waals surface area contributed by atoms with Crippen LogP contribution in [0.25, 0.3) is 0 Å². The van der Waals surface area contributed by atoms with Crippen molar-refractivity contribution in [2.75, 3.05) is 7.11 Å². The Bertz CT molecular complexity index is 667. The molecule has 0 aliphatic rings. The van der Waals surface area contributed by atoms with Crippen molar-refractivity contribution < 1.29 is 52.7 Å². The van der Waals surface area contributed by atoms with Gasteiger partial charge in [0.25, 0.3) is 0 Å². The first-order valence-corrected chi connectivity index (χ1v) is 7.18. The number of methoxy groups -OCH3 is 1. The maximum atomic E-state index is 13.2. The topological polar surface area (TPSA) is 167 Å². The number of benzene rings is 1. The largest absolute Gasteiger partial charge is 0.479 e. The van der Waals surface area contributed by atoms with Gasteiger partial charge in [-0.05, 0) is 18.1 Å². The van der Waals surface area contributed by atoms with E-state index >= 15 is 0 Å². The number of carbonyl (C=O) groups is 3. The van der Waals surface area contributed by atoms with Gasteiger partial charge in [0.2, 0.25) is 0 Å².